The molecule has 0 aromatic carbocycles. The fourth-order valence-electron chi connectivity index (χ4n) is 2.75. The van der Waals surface area contributed by atoms with Gasteiger partial charge in [0.15, 0.2) is 5.92 Å². The van der Waals surface area contributed by atoms with Crippen LogP contribution >= 0.6 is 0 Å². The summed E-state index contributed by atoms with van der Waals surface area (Å²) < 4.78 is 0. The first kappa shape index (κ1) is 31.9. The molecule has 0 heterocycles. The maximum absolute atomic E-state index is 10.6. The minimum absolute atomic E-state index is 0.0366. The van der Waals surface area contributed by atoms with Gasteiger partial charge >= 0.3 is 11.9 Å². The van der Waals surface area contributed by atoms with Gasteiger partial charge in [0.2, 0.25) is 0 Å². The Morgan fingerprint density at radius 2 is 1.13 bits per heavy atom. The van der Waals surface area contributed by atoms with Crippen molar-refractivity contribution in [2.75, 3.05) is 33.0 Å². The summed E-state index contributed by atoms with van der Waals surface area (Å²) in [6.45, 7) is 5.27. The summed E-state index contributed by atoms with van der Waals surface area (Å²) in [7, 11) is 0. The van der Waals surface area contributed by atoms with E-state index in [9.17, 15) is 9.59 Å². The van der Waals surface area contributed by atoms with Gasteiger partial charge in [0.25, 0.3) is 0 Å². The van der Waals surface area contributed by atoms with E-state index in [2.05, 4.69) is 13.8 Å². The number of carboxylic acids is 2. The second-order valence-electron chi connectivity index (χ2n) is 7.37. The van der Waals surface area contributed by atoms with Crippen molar-refractivity contribution in [1.82, 2.24) is 5.23 Å². The second kappa shape index (κ2) is 25.0. The summed E-state index contributed by atoms with van der Waals surface area (Å²) in [5.41, 5.74) is 0. The lowest BCUT2D eigenvalue weighted by Crippen LogP contribution is -2.28. The third-order valence-corrected chi connectivity index (χ3v) is 4.54. The second-order valence-corrected chi connectivity index (χ2v) is 7.37. The van der Waals surface area contributed by atoms with Crippen LogP contribution in [0.2, 0.25) is 0 Å². The molecule has 9 heteroatoms. The summed E-state index contributed by atoms with van der Waals surface area (Å²) in [5.74, 6) is -3.67. The number of hydrogen-bond acceptors (Lipinski definition) is 7. The summed E-state index contributed by atoms with van der Waals surface area (Å²) in [4.78, 5) is 31.3. The van der Waals surface area contributed by atoms with Crippen LogP contribution in [0.25, 0.3) is 0 Å². The van der Waals surface area contributed by atoms with Crippen molar-refractivity contribution in [3.05, 3.63) is 0 Å². The van der Waals surface area contributed by atoms with Crippen LogP contribution in [-0.2, 0) is 19.3 Å². The number of carboxylic acid groups (broad SMARTS) is 2. The van der Waals surface area contributed by atoms with E-state index in [4.69, 9.17) is 30.1 Å². The summed E-state index contributed by atoms with van der Waals surface area (Å²) in [5, 5.41) is 35.7. The first-order chi connectivity index (χ1) is 14.9. The lowest BCUT2D eigenvalue weighted by molar-refractivity contribution is -0.371. The van der Waals surface area contributed by atoms with Crippen LogP contribution in [0.4, 0.5) is 0 Å². The fraction of sp³-hybridized carbons (Fsp3) is 0.909. The zero-order valence-electron chi connectivity index (χ0n) is 19.5. The molecule has 0 amide bonds. The number of rotatable bonds is 21. The molecule has 0 aromatic rings. The topological polar surface area (TPSA) is 137 Å². The molecule has 0 atom stereocenters. The van der Waals surface area contributed by atoms with Crippen LogP contribution in [0.1, 0.15) is 90.9 Å². The number of aliphatic carboxylic acids is 2. The highest BCUT2D eigenvalue weighted by Crippen LogP contribution is 2.14. The number of carbonyl (C=O) groups is 2. The van der Waals surface area contributed by atoms with Crippen LogP contribution in [0.3, 0.4) is 0 Å². The molecule has 0 saturated heterocycles. The van der Waals surface area contributed by atoms with Gasteiger partial charge in [-0.15, -0.1) is 0 Å². The molecule has 0 saturated carbocycles. The Morgan fingerprint density at radius 3 is 1.52 bits per heavy atom. The van der Waals surface area contributed by atoms with Crippen molar-refractivity contribution < 1.29 is 39.7 Å². The Balaban J connectivity index is 0. The van der Waals surface area contributed by atoms with Crippen LogP contribution in [0, 0.1) is 5.92 Å². The van der Waals surface area contributed by atoms with Crippen molar-refractivity contribution in [3.8, 4) is 0 Å². The third-order valence-electron chi connectivity index (χ3n) is 4.54. The molecule has 0 rings (SSSR count). The standard InChI is InChI=1S/C14H26O4.C8H19NO4/c1-2-3-4-5-6-7-8-9-10-11-12(13(15)16)14(17)18;1-2-3-4-9(12-7-5-10)13-8-6-11/h12H,2-11H2,1H3,(H,15,16)(H,17,18);10-11H,2-8H2,1H3. The summed E-state index contributed by atoms with van der Waals surface area (Å²) in [6, 6.07) is 0. The van der Waals surface area contributed by atoms with Gasteiger partial charge in [0, 0.05) is 0 Å². The van der Waals surface area contributed by atoms with Gasteiger partial charge in [-0.1, -0.05) is 83.3 Å². The van der Waals surface area contributed by atoms with Crippen LogP contribution in [0.15, 0.2) is 0 Å². The summed E-state index contributed by atoms with van der Waals surface area (Å²) >= 11 is 0. The smallest absolute Gasteiger partial charge is 0.317 e. The molecule has 0 aliphatic rings. The molecule has 186 valence electrons. The molecule has 0 unspecified atom stereocenters. The molecule has 0 radical (unpaired) electrons. The SMILES string of the molecule is CCCCCCCCCCCC(C(=O)O)C(=O)O.CCCCN(OCCO)OCCO. The van der Waals surface area contributed by atoms with Crippen molar-refractivity contribution in [1.29, 1.82) is 0 Å². The highest BCUT2D eigenvalue weighted by Gasteiger charge is 2.24. The number of unbranched alkanes of at least 4 members (excludes halogenated alkanes) is 9. The molecular weight excluding hydrogens is 406 g/mol. The third kappa shape index (κ3) is 23.2. The van der Waals surface area contributed by atoms with Gasteiger partial charge in [-0.3, -0.25) is 19.3 Å². The molecule has 31 heavy (non-hydrogen) atoms. The molecule has 0 aromatic heterocycles. The predicted octanol–water partition coefficient (Wildman–Crippen LogP) is 3.63. The minimum Gasteiger partial charge on any atom is -0.481 e. The van der Waals surface area contributed by atoms with E-state index in [1.54, 1.807) is 0 Å². The Hall–Kier alpha value is -1.26. The highest BCUT2D eigenvalue weighted by atomic mass is 16.9. The van der Waals surface area contributed by atoms with E-state index >= 15 is 0 Å². The van der Waals surface area contributed by atoms with E-state index in [0.29, 0.717) is 13.0 Å². The van der Waals surface area contributed by atoms with Crippen molar-refractivity contribution >= 4 is 11.9 Å². The van der Waals surface area contributed by atoms with Crippen LogP contribution in [-0.4, -0.2) is 70.6 Å². The van der Waals surface area contributed by atoms with E-state index in [1.165, 1.54) is 43.8 Å². The number of nitrogens with zero attached hydrogens (tertiary/aromatic N) is 1. The minimum atomic E-state index is -1.23. The van der Waals surface area contributed by atoms with Crippen molar-refractivity contribution in [2.24, 2.45) is 5.92 Å². The highest BCUT2D eigenvalue weighted by molar-refractivity contribution is 5.92. The zero-order chi connectivity index (χ0) is 23.7. The maximum atomic E-state index is 10.6. The number of hydroxylamine groups is 2. The molecule has 4 N–H and O–H groups in total. The quantitative estimate of drug-likeness (QED) is 0.117. The van der Waals surface area contributed by atoms with E-state index in [1.807, 2.05) is 0 Å². The van der Waals surface area contributed by atoms with Gasteiger partial charge in [-0.2, -0.15) is 0 Å². The molecule has 0 spiro atoms. The average molecular weight is 452 g/mol. The average Bonchev–Trinajstić information content (AvgIpc) is 2.74. The maximum Gasteiger partial charge on any atom is 0.317 e. The van der Waals surface area contributed by atoms with Gasteiger partial charge in [-0.25, -0.2) is 0 Å². The molecule has 0 bridgehead atoms. The van der Waals surface area contributed by atoms with Crippen molar-refractivity contribution in [2.45, 2.75) is 90.9 Å². The first-order valence-corrected chi connectivity index (χ1v) is 11.6. The molecule has 0 aliphatic carbocycles. The normalized spacial score (nSPS) is 10.9. The first-order valence-electron chi connectivity index (χ1n) is 11.6. The van der Waals surface area contributed by atoms with Gasteiger partial charge in [-0.05, 0) is 12.8 Å². The predicted molar refractivity (Wildman–Crippen MR) is 118 cm³/mol. The van der Waals surface area contributed by atoms with Gasteiger partial charge < -0.3 is 20.4 Å². The van der Waals surface area contributed by atoms with Crippen LogP contribution < -0.4 is 0 Å². The molecule has 9 nitrogen and oxygen atoms in total. The lowest BCUT2D eigenvalue weighted by atomic mass is 10.00. The van der Waals surface area contributed by atoms with Crippen LogP contribution in [0.5, 0.6) is 0 Å². The van der Waals surface area contributed by atoms with Crippen molar-refractivity contribution in [3.63, 3.8) is 0 Å². The summed E-state index contributed by atoms with van der Waals surface area (Å²) in [6.07, 6.45) is 12.5. The Morgan fingerprint density at radius 1 is 0.710 bits per heavy atom. The largest absolute Gasteiger partial charge is 0.481 e. The fourth-order valence-corrected chi connectivity index (χ4v) is 2.75. The number of aliphatic hydroxyl groups is 2. The Kier molecular flexibility index (Phi) is 25.7. The van der Waals surface area contributed by atoms with E-state index in [-0.39, 0.29) is 32.8 Å². The van der Waals surface area contributed by atoms with Gasteiger partial charge in [0.1, 0.15) is 0 Å². The number of aliphatic hydroxyl groups excluding tert-OH is 2. The van der Waals surface area contributed by atoms with E-state index in [0.717, 1.165) is 25.7 Å². The number of hydrogen-bond donors (Lipinski definition) is 4. The molecule has 0 aliphatic heterocycles. The van der Waals surface area contributed by atoms with Gasteiger partial charge in [0.05, 0.1) is 33.0 Å². The lowest BCUT2D eigenvalue weighted by Gasteiger charge is -2.19. The molecular formula is C22H45NO8. The van der Waals surface area contributed by atoms with E-state index < -0.39 is 17.9 Å². The molecule has 0 fully saturated rings. The monoisotopic (exact) mass is 451 g/mol. The zero-order valence-corrected chi connectivity index (χ0v) is 19.5. The Labute approximate surface area is 187 Å². The Bertz CT molecular complexity index is 376.